The minimum absolute atomic E-state index is 0.146. The maximum absolute atomic E-state index is 11.3. The van der Waals surface area contributed by atoms with E-state index in [1.165, 1.54) is 6.20 Å². The summed E-state index contributed by atoms with van der Waals surface area (Å²) in [7, 11) is 0. The Morgan fingerprint density at radius 2 is 2.04 bits per heavy atom. The van der Waals surface area contributed by atoms with E-state index in [1.807, 2.05) is 0 Å². The number of nitrogens with two attached hydrogens (primary N) is 1. The van der Waals surface area contributed by atoms with E-state index in [-0.39, 0.29) is 23.5 Å². The first-order valence-corrected chi connectivity index (χ1v) is 9.24. The Morgan fingerprint density at radius 1 is 1.26 bits per heavy atom. The Labute approximate surface area is 161 Å². The van der Waals surface area contributed by atoms with Crippen LogP contribution in [0.2, 0.25) is 5.02 Å². The standard InChI is InChI=1S/C17H22ClN7O2/c18-14-5-6-20-8-12(14)9-22-17-23-10-15(25(26)27)16(24-17)21-7-11-1-3-13(19)4-2-11/h5-6,8,10-11,13H,1-4,7,9,19H2,(H2,21,22,23,24). The molecule has 1 fully saturated rings. The number of nitrogens with one attached hydrogen (secondary N) is 2. The third-order valence-electron chi connectivity index (χ3n) is 4.70. The van der Waals surface area contributed by atoms with E-state index < -0.39 is 4.92 Å². The number of nitrogens with zero attached hydrogens (tertiary/aromatic N) is 4. The summed E-state index contributed by atoms with van der Waals surface area (Å²) in [6.07, 6.45) is 8.45. The molecule has 0 atom stereocenters. The van der Waals surface area contributed by atoms with Gasteiger partial charge in [-0.25, -0.2) is 4.98 Å². The fourth-order valence-electron chi connectivity index (χ4n) is 3.07. The monoisotopic (exact) mass is 391 g/mol. The molecular weight excluding hydrogens is 370 g/mol. The lowest BCUT2D eigenvalue weighted by Crippen LogP contribution is -2.29. The number of hydrogen-bond acceptors (Lipinski definition) is 8. The van der Waals surface area contributed by atoms with Gasteiger partial charge in [-0.2, -0.15) is 4.98 Å². The van der Waals surface area contributed by atoms with Crippen LogP contribution in [0.1, 0.15) is 31.2 Å². The van der Waals surface area contributed by atoms with Gasteiger partial charge in [-0.05, 0) is 37.7 Å². The zero-order valence-corrected chi connectivity index (χ0v) is 15.5. The summed E-state index contributed by atoms with van der Waals surface area (Å²) in [6.45, 7) is 0.989. The van der Waals surface area contributed by atoms with Crippen LogP contribution in [0.15, 0.2) is 24.7 Å². The van der Waals surface area contributed by atoms with Gasteiger partial charge in [-0.15, -0.1) is 0 Å². The van der Waals surface area contributed by atoms with Gasteiger partial charge in [0, 0.05) is 42.1 Å². The first-order chi connectivity index (χ1) is 13.0. The number of anilines is 2. The lowest BCUT2D eigenvalue weighted by Gasteiger charge is -2.26. The molecule has 0 aliphatic heterocycles. The van der Waals surface area contributed by atoms with Crippen LogP contribution in [0.4, 0.5) is 17.5 Å². The minimum atomic E-state index is -0.485. The van der Waals surface area contributed by atoms with Crippen LogP contribution >= 0.6 is 11.6 Å². The molecule has 0 bridgehead atoms. The van der Waals surface area contributed by atoms with Gasteiger partial charge in [0.15, 0.2) is 0 Å². The molecule has 0 spiro atoms. The topological polar surface area (TPSA) is 132 Å². The molecule has 3 rings (SSSR count). The Hall–Kier alpha value is -2.52. The molecule has 1 saturated carbocycles. The van der Waals surface area contributed by atoms with Gasteiger partial charge in [0.1, 0.15) is 6.20 Å². The third kappa shape index (κ3) is 5.24. The van der Waals surface area contributed by atoms with Crippen LogP contribution in [0, 0.1) is 16.0 Å². The molecule has 10 heteroatoms. The summed E-state index contributed by atoms with van der Waals surface area (Å²) in [5, 5.41) is 18.0. The molecule has 4 N–H and O–H groups in total. The predicted molar refractivity (Wildman–Crippen MR) is 104 cm³/mol. The highest BCUT2D eigenvalue weighted by molar-refractivity contribution is 6.31. The molecule has 1 aliphatic rings. The summed E-state index contributed by atoms with van der Waals surface area (Å²) >= 11 is 6.10. The molecule has 27 heavy (non-hydrogen) atoms. The van der Waals surface area contributed by atoms with Crippen molar-refractivity contribution >= 4 is 29.1 Å². The SMILES string of the molecule is NC1CCC(CNc2nc(NCc3cnccc3Cl)ncc2[N+](=O)[O-])CC1. The quantitative estimate of drug-likeness (QED) is 0.484. The molecule has 2 heterocycles. The number of hydrogen-bond donors (Lipinski definition) is 3. The van der Waals surface area contributed by atoms with Crippen LogP contribution in [-0.2, 0) is 6.54 Å². The maximum Gasteiger partial charge on any atom is 0.329 e. The molecule has 0 aromatic carbocycles. The lowest BCUT2D eigenvalue weighted by atomic mass is 9.86. The van der Waals surface area contributed by atoms with Crippen LogP contribution in [0.3, 0.4) is 0 Å². The van der Waals surface area contributed by atoms with Crippen LogP contribution in [0.25, 0.3) is 0 Å². The van der Waals surface area contributed by atoms with E-state index in [0.717, 1.165) is 31.2 Å². The van der Waals surface area contributed by atoms with Crippen LogP contribution in [-0.4, -0.2) is 32.5 Å². The second-order valence-corrected chi connectivity index (χ2v) is 7.07. The summed E-state index contributed by atoms with van der Waals surface area (Å²) in [5.41, 5.74) is 6.57. The van der Waals surface area contributed by atoms with E-state index in [2.05, 4.69) is 25.6 Å². The van der Waals surface area contributed by atoms with Crippen molar-refractivity contribution < 1.29 is 4.92 Å². The van der Waals surface area contributed by atoms with E-state index in [9.17, 15) is 10.1 Å². The fraction of sp³-hybridized carbons (Fsp3) is 0.471. The molecule has 1 aliphatic carbocycles. The molecule has 2 aromatic rings. The van der Waals surface area contributed by atoms with Crippen molar-refractivity contribution in [3.05, 3.63) is 45.4 Å². The average Bonchev–Trinajstić information content (AvgIpc) is 2.67. The summed E-state index contributed by atoms with van der Waals surface area (Å²) in [5.74, 6) is 0.934. The largest absolute Gasteiger partial charge is 0.364 e. The zero-order chi connectivity index (χ0) is 19.2. The highest BCUT2D eigenvalue weighted by Crippen LogP contribution is 2.26. The summed E-state index contributed by atoms with van der Waals surface area (Å²) < 4.78 is 0. The van der Waals surface area contributed by atoms with Gasteiger partial charge >= 0.3 is 5.69 Å². The van der Waals surface area contributed by atoms with Crippen molar-refractivity contribution in [1.82, 2.24) is 15.0 Å². The number of halogens is 1. The van der Waals surface area contributed by atoms with E-state index in [4.69, 9.17) is 17.3 Å². The van der Waals surface area contributed by atoms with Crippen molar-refractivity contribution in [2.45, 2.75) is 38.3 Å². The summed E-state index contributed by atoms with van der Waals surface area (Å²) in [4.78, 5) is 23.1. The predicted octanol–water partition coefficient (Wildman–Crippen LogP) is 2.97. The molecule has 0 radical (unpaired) electrons. The van der Waals surface area contributed by atoms with Gasteiger partial charge in [0.2, 0.25) is 11.8 Å². The highest BCUT2D eigenvalue weighted by Gasteiger charge is 2.21. The average molecular weight is 392 g/mol. The molecule has 144 valence electrons. The first kappa shape index (κ1) is 19.2. The molecule has 0 saturated heterocycles. The van der Waals surface area contributed by atoms with Crippen LogP contribution < -0.4 is 16.4 Å². The number of aromatic nitrogens is 3. The zero-order valence-electron chi connectivity index (χ0n) is 14.8. The van der Waals surface area contributed by atoms with Crippen molar-refractivity contribution in [3.8, 4) is 0 Å². The van der Waals surface area contributed by atoms with Gasteiger partial charge in [-0.3, -0.25) is 15.1 Å². The molecule has 9 nitrogen and oxygen atoms in total. The fourth-order valence-corrected chi connectivity index (χ4v) is 3.24. The second kappa shape index (κ2) is 8.92. The lowest BCUT2D eigenvalue weighted by molar-refractivity contribution is -0.384. The van der Waals surface area contributed by atoms with Gasteiger partial charge in [-0.1, -0.05) is 11.6 Å². The van der Waals surface area contributed by atoms with Crippen molar-refractivity contribution in [3.63, 3.8) is 0 Å². The maximum atomic E-state index is 11.3. The van der Waals surface area contributed by atoms with E-state index >= 15 is 0 Å². The smallest absolute Gasteiger partial charge is 0.329 e. The first-order valence-electron chi connectivity index (χ1n) is 8.86. The van der Waals surface area contributed by atoms with Gasteiger partial charge in [0.05, 0.1) is 4.92 Å². The summed E-state index contributed by atoms with van der Waals surface area (Å²) in [6, 6.07) is 1.96. The Kier molecular flexibility index (Phi) is 6.36. The van der Waals surface area contributed by atoms with E-state index in [0.29, 0.717) is 24.0 Å². The normalized spacial score (nSPS) is 19.5. The number of nitro groups is 1. The van der Waals surface area contributed by atoms with Crippen molar-refractivity contribution in [1.29, 1.82) is 0 Å². The van der Waals surface area contributed by atoms with Crippen molar-refractivity contribution in [2.75, 3.05) is 17.2 Å². The molecule has 0 unspecified atom stereocenters. The minimum Gasteiger partial charge on any atom is -0.364 e. The second-order valence-electron chi connectivity index (χ2n) is 6.67. The molecule has 2 aromatic heterocycles. The van der Waals surface area contributed by atoms with Gasteiger partial charge < -0.3 is 16.4 Å². The van der Waals surface area contributed by atoms with Gasteiger partial charge in [0.25, 0.3) is 0 Å². The Morgan fingerprint density at radius 3 is 2.74 bits per heavy atom. The Bertz CT molecular complexity index is 797. The Balaban J connectivity index is 1.67. The number of rotatable bonds is 7. The molecule has 0 amide bonds. The highest BCUT2D eigenvalue weighted by atomic mass is 35.5. The number of pyridine rings is 1. The molecular formula is C17H22ClN7O2. The third-order valence-corrected chi connectivity index (χ3v) is 5.07. The van der Waals surface area contributed by atoms with Crippen LogP contribution in [0.5, 0.6) is 0 Å². The van der Waals surface area contributed by atoms with Crippen molar-refractivity contribution in [2.24, 2.45) is 11.7 Å². The van der Waals surface area contributed by atoms with E-state index in [1.54, 1.807) is 18.5 Å².